The van der Waals surface area contributed by atoms with Crippen LogP contribution >= 0.6 is 0 Å². The molecule has 5 heteroatoms. The summed E-state index contributed by atoms with van der Waals surface area (Å²) < 4.78 is 18.5. The van der Waals surface area contributed by atoms with Crippen molar-refractivity contribution in [3.63, 3.8) is 0 Å². The number of nitrogens with zero attached hydrogens (tertiary/aromatic N) is 1. The van der Waals surface area contributed by atoms with Crippen molar-refractivity contribution in [2.75, 3.05) is 0 Å². The number of carbonyl (C=O) groups excluding carboxylic acids is 1. The fourth-order valence-electron chi connectivity index (χ4n) is 2.11. The molecule has 1 N–H and O–H groups in total. The first-order valence-corrected chi connectivity index (χ1v) is 6.52. The molecule has 0 aliphatic rings. The van der Waals surface area contributed by atoms with Gasteiger partial charge in [0, 0.05) is 19.0 Å². The van der Waals surface area contributed by atoms with Gasteiger partial charge in [0.1, 0.15) is 11.3 Å². The van der Waals surface area contributed by atoms with Crippen LogP contribution in [0.25, 0.3) is 11.1 Å². The lowest BCUT2D eigenvalue weighted by Crippen LogP contribution is -2.22. The number of hydrogen-bond acceptors (Lipinski definition) is 3. The van der Waals surface area contributed by atoms with Gasteiger partial charge in [-0.05, 0) is 35.9 Å². The maximum Gasteiger partial charge on any atom is 0.251 e. The number of fused-ring (bicyclic) bond motifs is 1. The Morgan fingerprint density at radius 2 is 2.14 bits per heavy atom. The number of aryl methyl sites for hydroxylation is 1. The monoisotopic (exact) mass is 284 g/mol. The summed E-state index contributed by atoms with van der Waals surface area (Å²) in [6, 6.07) is 11.1. The number of halogens is 1. The largest absolute Gasteiger partial charge is 0.441 e. The molecule has 0 atom stereocenters. The van der Waals surface area contributed by atoms with Crippen molar-refractivity contribution in [3.05, 3.63) is 65.3 Å². The van der Waals surface area contributed by atoms with Crippen molar-refractivity contribution in [3.8, 4) is 0 Å². The molecular formula is C16H13FN2O2. The fraction of sp³-hybridized carbons (Fsp3) is 0.125. The number of amides is 1. The van der Waals surface area contributed by atoms with Gasteiger partial charge in [0.15, 0.2) is 11.5 Å². The molecule has 1 amide bonds. The van der Waals surface area contributed by atoms with E-state index in [2.05, 4.69) is 10.3 Å². The smallest absolute Gasteiger partial charge is 0.251 e. The van der Waals surface area contributed by atoms with Crippen molar-refractivity contribution in [1.29, 1.82) is 0 Å². The molecule has 0 saturated carbocycles. The Morgan fingerprint density at radius 1 is 1.29 bits per heavy atom. The van der Waals surface area contributed by atoms with Gasteiger partial charge in [-0.25, -0.2) is 9.37 Å². The Morgan fingerprint density at radius 3 is 2.95 bits per heavy atom. The number of nitrogens with one attached hydrogen (secondary N) is 1. The van der Waals surface area contributed by atoms with E-state index in [1.807, 2.05) is 18.2 Å². The summed E-state index contributed by atoms with van der Waals surface area (Å²) in [5.74, 6) is -0.143. The highest BCUT2D eigenvalue weighted by molar-refractivity contribution is 5.94. The molecule has 0 bridgehead atoms. The van der Waals surface area contributed by atoms with E-state index >= 15 is 0 Å². The summed E-state index contributed by atoms with van der Waals surface area (Å²) >= 11 is 0. The second-order valence-corrected chi connectivity index (χ2v) is 4.73. The molecule has 106 valence electrons. The highest BCUT2D eigenvalue weighted by Gasteiger charge is 2.07. The van der Waals surface area contributed by atoms with E-state index < -0.39 is 5.82 Å². The molecule has 0 saturated heterocycles. The van der Waals surface area contributed by atoms with E-state index in [0.717, 1.165) is 11.1 Å². The highest BCUT2D eigenvalue weighted by atomic mass is 19.1. The lowest BCUT2D eigenvalue weighted by atomic mass is 10.2. The zero-order chi connectivity index (χ0) is 14.8. The van der Waals surface area contributed by atoms with Crippen LogP contribution in [0.3, 0.4) is 0 Å². The highest BCUT2D eigenvalue weighted by Crippen LogP contribution is 2.16. The zero-order valence-electron chi connectivity index (χ0n) is 11.4. The van der Waals surface area contributed by atoms with Crippen molar-refractivity contribution in [2.24, 2.45) is 0 Å². The minimum Gasteiger partial charge on any atom is -0.441 e. The lowest BCUT2D eigenvalue weighted by molar-refractivity contribution is 0.0950. The van der Waals surface area contributed by atoms with Crippen LogP contribution in [0.2, 0.25) is 0 Å². The minimum absolute atomic E-state index is 0.298. The van der Waals surface area contributed by atoms with Crippen molar-refractivity contribution < 1.29 is 13.6 Å². The first-order chi connectivity index (χ1) is 10.1. The Bertz CT molecular complexity index is 811. The van der Waals surface area contributed by atoms with E-state index in [-0.39, 0.29) is 5.91 Å². The summed E-state index contributed by atoms with van der Waals surface area (Å²) in [5.41, 5.74) is 2.66. The van der Waals surface area contributed by atoms with Crippen LogP contribution in [0.15, 0.2) is 46.9 Å². The van der Waals surface area contributed by atoms with E-state index in [9.17, 15) is 9.18 Å². The summed E-state index contributed by atoms with van der Waals surface area (Å²) in [7, 11) is 0. The Hall–Kier alpha value is -2.69. The maximum absolute atomic E-state index is 13.1. The minimum atomic E-state index is -0.429. The SMILES string of the molecule is Cc1nc2ccc(CNC(=O)c3cccc(F)c3)cc2o1. The van der Waals surface area contributed by atoms with Crippen LogP contribution in [0.4, 0.5) is 4.39 Å². The van der Waals surface area contributed by atoms with Gasteiger partial charge in [-0.3, -0.25) is 4.79 Å². The van der Waals surface area contributed by atoms with Crippen molar-refractivity contribution in [2.45, 2.75) is 13.5 Å². The maximum atomic E-state index is 13.1. The number of carbonyl (C=O) groups is 1. The molecular weight excluding hydrogens is 271 g/mol. The molecule has 21 heavy (non-hydrogen) atoms. The van der Waals surface area contributed by atoms with Gasteiger partial charge in [-0.1, -0.05) is 12.1 Å². The molecule has 3 rings (SSSR count). The molecule has 0 spiro atoms. The standard InChI is InChI=1S/C16H13FN2O2/c1-10-19-14-6-5-11(7-15(14)21-10)9-18-16(20)12-3-2-4-13(17)8-12/h2-8H,9H2,1H3,(H,18,20). The number of benzene rings is 2. The molecule has 0 aliphatic heterocycles. The third-order valence-corrected chi connectivity index (χ3v) is 3.10. The van der Waals surface area contributed by atoms with E-state index in [0.29, 0.717) is 23.6 Å². The van der Waals surface area contributed by atoms with Gasteiger partial charge >= 0.3 is 0 Å². The molecule has 0 fully saturated rings. The molecule has 0 aliphatic carbocycles. The van der Waals surface area contributed by atoms with Gasteiger partial charge in [-0.15, -0.1) is 0 Å². The van der Waals surface area contributed by atoms with Gasteiger partial charge in [0.25, 0.3) is 5.91 Å². The molecule has 2 aromatic carbocycles. The average Bonchev–Trinajstić information content (AvgIpc) is 2.84. The Labute approximate surface area is 120 Å². The molecule has 0 unspecified atom stereocenters. The Kier molecular flexibility index (Phi) is 3.39. The van der Waals surface area contributed by atoms with Crippen molar-refractivity contribution >= 4 is 17.0 Å². The van der Waals surface area contributed by atoms with Gasteiger partial charge in [0.2, 0.25) is 0 Å². The van der Waals surface area contributed by atoms with Crippen LogP contribution < -0.4 is 5.32 Å². The predicted molar refractivity (Wildman–Crippen MR) is 76.3 cm³/mol. The number of aromatic nitrogens is 1. The third-order valence-electron chi connectivity index (χ3n) is 3.10. The average molecular weight is 284 g/mol. The molecule has 1 heterocycles. The number of hydrogen-bond donors (Lipinski definition) is 1. The second-order valence-electron chi connectivity index (χ2n) is 4.73. The van der Waals surface area contributed by atoms with Crippen molar-refractivity contribution in [1.82, 2.24) is 10.3 Å². The van der Waals surface area contributed by atoms with Crippen LogP contribution in [-0.2, 0) is 6.54 Å². The topological polar surface area (TPSA) is 55.1 Å². The van der Waals surface area contributed by atoms with E-state index in [4.69, 9.17) is 4.42 Å². The van der Waals surface area contributed by atoms with Crippen LogP contribution in [0.1, 0.15) is 21.8 Å². The normalized spacial score (nSPS) is 10.8. The number of rotatable bonds is 3. The lowest BCUT2D eigenvalue weighted by Gasteiger charge is -2.05. The van der Waals surface area contributed by atoms with E-state index in [1.54, 1.807) is 13.0 Å². The first-order valence-electron chi connectivity index (χ1n) is 6.52. The summed E-state index contributed by atoms with van der Waals surface area (Å²) in [4.78, 5) is 16.1. The number of oxazole rings is 1. The van der Waals surface area contributed by atoms with Crippen LogP contribution in [-0.4, -0.2) is 10.9 Å². The third kappa shape index (κ3) is 2.91. The van der Waals surface area contributed by atoms with Gasteiger partial charge in [-0.2, -0.15) is 0 Å². The molecule has 1 aromatic heterocycles. The molecule has 4 nitrogen and oxygen atoms in total. The quantitative estimate of drug-likeness (QED) is 0.803. The molecule has 3 aromatic rings. The Balaban J connectivity index is 1.72. The second kappa shape index (κ2) is 5.36. The predicted octanol–water partition coefficient (Wildman–Crippen LogP) is 3.21. The summed E-state index contributed by atoms with van der Waals surface area (Å²) in [6.07, 6.45) is 0. The van der Waals surface area contributed by atoms with Gasteiger partial charge < -0.3 is 9.73 Å². The van der Waals surface area contributed by atoms with Gasteiger partial charge in [0.05, 0.1) is 0 Å². The first kappa shape index (κ1) is 13.3. The molecule has 0 radical (unpaired) electrons. The van der Waals surface area contributed by atoms with Crippen LogP contribution in [0.5, 0.6) is 0 Å². The summed E-state index contributed by atoms with van der Waals surface area (Å²) in [5, 5.41) is 2.75. The van der Waals surface area contributed by atoms with E-state index in [1.165, 1.54) is 18.2 Å². The summed E-state index contributed by atoms with van der Waals surface area (Å²) in [6.45, 7) is 2.12. The zero-order valence-corrected chi connectivity index (χ0v) is 11.4. The fourth-order valence-corrected chi connectivity index (χ4v) is 2.11. The van der Waals surface area contributed by atoms with Crippen LogP contribution in [0, 0.1) is 12.7 Å².